The molecule has 0 aromatic heterocycles. The predicted molar refractivity (Wildman–Crippen MR) is 162 cm³/mol. The van der Waals surface area contributed by atoms with Gasteiger partial charge in [0.2, 0.25) is 11.8 Å². The van der Waals surface area contributed by atoms with Crippen molar-refractivity contribution in [2.45, 2.75) is 57.5 Å². The molecule has 1 aliphatic carbocycles. The van der Waals surface area contributed by atoms with Crippen molar-refractivity contribution < 1.29 is 39.1 Å². The van der Waals surface area contributed by atoms with Gasteiger partial charge in [-0.25, -0.2) is 0 Å². The molecule has 0 bridgehead atoms. The number of para-hydroxylation sites is 1. The standard InChI is InChI=1S/C30H39IN2O8/c1-4-7-27(36)33(12-10-20-8-5-6-9-24(20)39-2)23-16-21(30(38)32-11-13-34)17-25(28(23)37)41-29-22(31)14-19(18-35)15-26(29)40-3/h5-6,8-9,14-15,17,23,25,28,34-35,37H,4,7,10-13,16,18H2,1-3H3,(H,32,38)/t23-,25+,28+/m1/s1. The van der Waals surface area contributed by atoms with Crippen molar-refractivity contribution in [3.8, 4) is 17.2 Å². The summed E-state index contributed by atoms with van der Waals surface area (Å²) in [7, 11) is 3.07. The van der Waals surface area contributed by atoms with Crippen LogP contribution in [-0.4, -0.2) is 84.2 Å². The smallest absolute Gasteiger partial charge is 0.247 e. The van der Waals surface area contributed by atoms with Crippen LogP contribution in [0.25, 0.3) is 0 Å². The number of ether oxygens (including phenoxy) is 3. The van der Waals surface area contributed by atoms with Gasteiger partial charge in [-0.2, -0.15) is 0 Å². The molecule has 10 nitrogen and oxygen atoms in total. The summed E-state index contributed by atoms with van der Waals surface area (Å²) >= 11 is 2.06. The van der Waals surface area contributed by atoms with E-state index in [9.17, 15) is 24.9 Å². The maximum absolute atomic E-state index is 13.4. The highest BCUT2D eigenvalue weighted by molar-refractivity contribution is 14.1. The first-order valence-corrected chi connectivity index (χ1v) is 14.7. The van der Waals surface area contributed by atoms with E-state index in [4.69, 9.17) is 14.2 Å². The van der Waals surface area contributed by atoms with Crippen molar-refractivity contribution in [1.82, 2.24) is 10.2 Å². The summed E-state index contributed by atoms with van der Waals surface area (Å²) in [6, 6.07) is 10.2. The number of nitrogens with one attached hydrogen (secondary N) is 1. The zero-order valence-electron chi connectivity index (χ0n) is 23.6. The maximum Gasteiger partial charge on any atom is 0.247 e. The molecule has 3 rings (SSSR count). The third-order valence-corrected chi connectivity index (χ3v) is 7.74. The number of aliphatic hydroxyl groups excluding tert-OH is 3. The fraction of sp³-hybridized carbons (Fsp3) is 0.467. The van der Waals surface area contributed by atoms with E-state index in [1.807, 2.05) is 31.2 Å². The van der Waals surface area contributed by atoms with Crippen molar-refractivity contribution in [1.29, 1.82) is 0 Å². The molecule has 41 heavy (non-hydrogen) atoms. The number of hydrogen-bond donors (Lipinski definition) is 4. The van der Waals surface area contributed by atoms with Gasteiger partial charge in [0.25, 0.3) is 0 Å². The van der Waals surface area contributed by atoms with Crippen LogP contribution >= 0.6 is 22.6 Å². The monoisotopic (exact) mass is 682 g/mol. The highest BCUT2D eigenvalue weighted by atomic mass is 127. The number of carbonyl (C=O) groups is 2. The Hall–Kier alpha value is -2.87. The molecule has 224 valence electrons. The summed E-state index contributed by atoms with van der Waals surface area (Å²) < 4.78 is 17.9. The molecule has 0 aliphatic heterocycles. The van der Waals surface area contributed by atoms with Crippen LogP contribution in [0.4, 0.5) is 0 Å². The third kappa shape index (κ3) is 8.34. The molecule has 2 aromatic rings. The van der Waals surface area contributed by atoms with Crippen molar-refractivity contribution in [2.24, 2.45) is 0 Å². The van der Waals surface area contributed by atoms with E-state index in [0.29, 0.717) is 51.3 Å². The Morgan fingerprint density at radius 2 is 1.85 bits per heavy atom. The second kappa shape index (κ2) is 15.9. The van der Waals surface area contributed by atoms with E-state index < -0.39 is 24.2 Å². The number of nitrogens with zero attached hydrogens (tertiary/aromatic N) is 1. The Morgan fingerprint density at radius 1 is 1.12 bits per heavy atom. The highest BCUT2D eigenvalue weighted by Gasteiger charge is 2.40. The Labute approximate surface area is 254 Å². The molecular formula is C30H39IN2O8. The molecule has 4 N–H and O–H groups in total. The molecule has 0 spiro atoms. The largest absolute Gasteiger partial charge is 0.496 e. The van der Waals surface area contributed by atoms with Crippen LogP contribution in [0.3, 0.4) is 0 Å². The third-order valence-electron chi connectivity index (χ3n) is 6.94. The second-order valence-electron chi connectivity index (χ2n) is 9.68. The van der Waals surface area contributed by atoms with Gasteiger partial charge < -0.3 is 39.7 Å². The van der Waals surface area contributed by atoms with Gasteiger partial charge in [0.05, 0.1) is 37.0 Å². The van der Waals surface area contributed by atoms with Gasteiger partial charge in [-0.15, -0.1) is 0 Å². The summed E-state index contributed by atoms with van der Waals surface area (Å²) in [6.07, 6.45) is 0.904. The minimum atomic E-state index is -1.17. The summed E-state index contributed by atoms with van der Waals surface area (Å²) in [5.74, 6) is 0.876. The first kappa shape index (κ1) is 32.6. The second-order valence-corrected chi connectivity index (χ2v) is 10.8. The molecule has 3 atom stereocenters. The topological polar surface area (TPSA) is 138 Å². The molecule has 11 heteroatoms. The quantitative estimate of drug-likeness (QED) is 0.224. The van der Waals surface area contributed by atoms with E-state index >= 15 is 0 Å². The van der Waals surface area contributed by atoms with Crippen molar-refractivity contribution in [2.75, 3.05) is 33.9 Å². The number of amides is 2. The Morgan fingerprint density at radius 3 is 2.51 bits per heavy atom. The maximum atomic E-state index is 13.4. The van der Waals surface area contributed by atoms with E-state index in [1.165, 1.54) is 7.11 Å². The highest BCUT2D eigenvalue weighted by Crippen LogP contribution is 2.37. The van der Waals surface area contributed by atoms with Crippen molar-refractivity contribution in [3.63, 3.8) is 0 Å². The molecule has 0 fully saturated rings. The summed E-state index contributed by atoms with van der Waals surface area (Å²) in [6.45, 7) is 1.87. The SMILES string of the molecule is CCCC(=O)N(CCc1ccccc1OC)[C@@H]1CC(C(=O)NCCO)=C[C@H](Oc2c(I)cc(CO)cc2OC)[C@H]1O. The van der Waals surface area contributed by atoms with E-state index in [0.717, 1.165) is 5.56 Å². The van der Waals surface area contributed by atoms with E-state index in [1.54, 1.807) is 30.2 Å². The van der Waals surface area contributed by atoms with Gasteiger partial charge >= 0.3 is 0 Å². The molecule has 2 amide bonds. The van der Waals surface area contributed by atoms with Crippen LogP contribution in [0.2, 0.25) is 0 Å². The first-order chi connectivity index (χ1) is 19.8. The van der Waals surface area contributed by atoms with Crippen LogP contribution in [0.5, 0.6) is 17.2 Å². The lowest BCUT2D eigenvalue weighted by molar-refractivity contribution is -0.138. The number of aliphatic hydroxyl groups is 3. The first-order valence-electron chi connectivity index (χ1n) is 13.6. The lowest BCUT2D eigenvalue weighted by Crippen LogP contribution is -2.55. The number of methoxy groups -OCH3 is 2. The predicted octanol–water partition coefficient (Wildman–Crippen LogP) is 2.59. The van der Waals surface area contributed by atoms with Crippen LogP contribution in [0, 0.1) is 3.57 Å². The molecule has 0 radical (unpaired) electrons. The van der Waals surface area contributed by atoms with Gasteiger partial charge in [-0.3, -0.25) is 9.59 Å². The van der Waals surface area contributed by atoms with Gasteiger partial charge in [0.15, 0.2) is 11.5 Å². The van der Waals surface area contributed by atoms with Crippen LogP contribution < -0.4 is 19.5 Å². The molecule has 1 aliphatic rings. The lowest BCUT2D eigenvalue weighted by atomic mass is 9.87. The van der Waals surface area contributed by atoms with E-state index in [-0.39, 0.29) is 38.5 Å². The van der Waals surface area contributed by atoms with Crippen LogP contribution in [-0.2, 0) is 22.6 Å². The normalized spacial score (nSPS) is 18.3. The molecule has 0 unspecified atom stereocenters. The average Bonchev–Trinajstić information content (AvgIpc) is 2.98. The van der Waals surface area contributed by atoms with Crippen molar-refractivity contribution in [3.05, 3.63) is 62.7 Å². The summed E-state index contributed by atoms with van der Waals surface area (Å²) in [5, 5.41) is 33.2. The van der Waals surface area contributed by atoms with Gasteiger partial charge in [0.1, 0.15) is 18.0 Å². The van der Waals surface area contributed by atoms with Gasteiger partial charge in [-0.05, 0) is 70.8 Å². The molecular weight excluding hydrogens is 643 g/mol. The average molecular weight is 683 g/mol. The summed E-state index contributed by atoms with van der Waals surface area (Å²) in [5.41, 5.74) is 1.89. The Kier molecular flexibility index (Phi) is 12.7. The fourth-order valence-electron chi connectivity index (χ4n) is 4.88. The summed E-state index contributed by atoms with van der Waals surface area (Å²) in [4.78, 5) is 28.1. The minimum absolute atomic E-state index is 0.0650. The fourth-order valence-corrected chi connectivity index (χ4v) is 5.67. The Bertz CT molecular complexity index is 1220. The number of hydrogen-bond acceptors (Lipinski definition) is 8. The van der Waals surface area contributed by atoms with Gasteiger partial charge in [-0.1, -0.05) is 25.1 Å². The minimum Gasteiger partial charge on any atom is -0.496 e. The number of halogens is 1. The van der Waals surface area contributed by atoms with Gasteiger partial charge in [0, 0.05) is 31.5 Å². The molecule has 0 saturated carbocycles. The number of rotatable bonds is 14. The number of carbonyl (C=O) groups excluding carboxylic acids is 2. The lowest BCUT2D eigenvalue weighted by Gasteiger charge is -2.41. The number of benzene rings is 2. The van der Waals surface area contributed by atoms with Crippen LogP contribution in [0.15, 0.2) is 48.0 Å². The molecule has 0 saturated heterocycles. The zero-order valence-corrected chi connectivity index (χ0v) is 25.8. The molecule has 2 aromatic carbocycles. The zero-order chi connectivity index (χ0) is 29.9. The Balaban J connectivity index is 2.00. The van der Waals surface area contributed by atoms with E-state index in [2.05, 4.69) is 27.9 Å². The van der Waals surface area contributed by atoms with Crippen LogP contribution in [0.1, 0.15) is 37.3 Å². The molecule has 0 heterocycles. The van der Waals surface area contributed by atoms with Crippen molar-refractivity contribution >= 4 is 34.4 Å².